The molecule has 8 heteroatoms. The summed E-state index contributed by atoms with van der Waals surface area (Å²) in [5.41, 5.74) is 1.11. The number of hydrogen-bond acceptors (Lipinski definition) is 5. The summed E-state index contributed by atoms with van der Waals surface area (Å²) in [6, 6.07) is 18.3. The lowest BCUT2D eigenvalue weighted by atomic mass is 9.83. The molecule has 0 aromatic heterocycles. The van der Waals surface area contributed by atoms with Gasteiger partial charge in [0.05, 0.1) is 19.0 Å². The molecule has 2 amide bonds. The highest BCUT2D eigenvalue weighted by atomic mass is 35.5. The van der Waals surface area contributed by atoms with Gasteiger partial charge in [-0.25, -0.2) is 9.59 Å². The Bertz CT molecular complexity index is 1120. The van der Waals surface area contributed by atoms with Crippen LogP contribution in [-0.2, 0) is 19.1 Å². The highest BCUT2D eigenvalue weighted by Crippen LogP contribution is 2.50. The smallest absolute Gasteiger partial charge is 0.412 e. The molecule has 0 radical (unpaired) electrons. The summed E-state index contributed by atoms with van der Waals surface area (Å²) in [5.74, 6) is -1.15. The molecule has 2 aliphatic heterocycles. The molecule has 0 spiro atoms. The van der Waals surface area contributed by atoms with Crippen LogP contribution >= 0.6 is 11.6 Å². The molecule has 0 N–H and O–H groups in total. The fourth-order valence-corrected chi connectivity index (χ4v) is 4.98. The summed E-state index contributed by atoms with van der Waals surface area (Å²) in [4.78, 5) is 42.3. The first-order chi connectivity index (χ1) is 16.4. The molecule has 2 fully saturated rings. The van der Waals surface area contributed by atoms with E-state index in [2.05, 4.69) is 0 Å². The summed E-state index contributed by atoms with van der Waals surface area (Å²) in [7, 11) is 0. The highest BCUT2D eigenvalue weighted by Gasteiger charge is 2.64. The molecule has 2 aliphatic rings. The number of ether oxygens (including phenoxy) is 2. The zero-order valence-electron chi connectivity index (χ0n) is 19.4. The van der Waals surface area contributed by atoms with Crippen LogP contribution < -0.4 is 0 Å². The van der Waals surface area contributed by atoms with Gasteiger partial charge in [0, 0.05) is 0 Å². The fraction of sp³-hybridized carbons (Fsp3) is 0.346. The van der Waals surface area contributed by atoms with Crippen LogP contribution in [0.4, 0.5) is 4.79 Å². The quantitative estimate of drug-likeness (QED) is 0.249. The number of likely N-dealkylation sites (tertiary alicyclic amines) is 1. The Labute approximate surface area is 203 Å². The molecule has 2 aromatic carbocycles. The lowest BCUT2D eigenvalue weighted by Crippen LogP contribution is -2.75. The number of carbonyl (C=O) groups excluding carboxylic acids is 3. The van der Waals surface area contributed by atoms with Crippen molar-refractivity contribution in [3.05, 3.63) is 83.1 Å². The average molecular weight is 483 g/mol. The largest absolute Gasteiger partial charge is 0.461 e. The van der Waals surface area contributed by atoms with Crippen LogP contribution in [0.5, 0.6) is 0 Å². The van der Waals surface area contributed by atoms with E-state index in [1.165, 1.54) is 9.80 Å². The monoisotopic (exact) mass is 482 g/mol. The van der Waals surface area contributed by atoms with E-state index in [0.717, 1.165) is 11.1 Å². The number of amides is 2. The first-order valence-electron chi connectivity index (χ1n) is 11.2. The average Bonchev–Trinajstić information content (AvgIpc) is 3.19. The van der Waals surface area contributed by atoms with Crippen molar-refractivity contribution >= 4 is 29.6 Å². The minimum Gasteiger partial charge on any atom is -0.461 e. The standard InChI is InChI=1S/C26H27ClN2O5/c1-4-33-23(30)20(17(2)3)28-16-26(15-27,24(28)31)29-21(18-11-7-5-8-12-18)22(34-25(29)32)19-13-9-6-10-14-19/h5-14,21-22H,4,15-16H2,1-3H3. The van der Waals surface area contributed by atoms with E-state index in [4.69, 9.17) is 21.1 Å². The van der Waals surface area contributed by atoms with Crippen molar-refractivity contribution in [1.29, 1.82) is 0 Å². The molecule has 3 unspecified atom stereocenters. The molecule has 2 aromatic rings. The number of cyclic esters (lactones) is 1. The molecule has 2 saturated heterocycles. The van der Waals surface area contributed by atoms with Gasteiger partial charge >= 0.3 is 12.1 Å². The number of carbonyl (C=O) groups is 3. The van der Waals surface area contributed by atoms with Gasteiger partial charge in [-0.1, -0.05) is 60.7 Å². The van der Waals surface area contributed by atoms with Crippen molar-refractivity contribution in [1.82, 2.24) is 9.80 Å². The molecule has 178 valence electrons. The van der Waals surface area contributed by atoms with Crippen LogP contribution in [0.2, 0.25) is 0 Å². The second-order valence-corrected chi connectivity index (χ2v) is 8.83. The number of halogens is 1. The van der Waals surface area contributed by atoms with Crippen LogP contribution in [0.3, 0.4) is 0 Å². The summed E-state index contributed by atoms with van der Waals surface area (Å²) < 4.78 is 11.0. The van der Waals surface area contributed by atoms with Crippen LogP contribution in [0, 0.1) is 0 Å². The Morgan fingerprint density at radius 3 is 2.15 bits per heavy atom. The highest BCUT2D eigenvalue weighted by molar-refractivity contribution is 6.22. The molecule has 2 heterocycles. The Hall–Kier alpha value is -3.32. The predicted molar refractivity (Wildman–Crippen MR) is 127 cm³/mol. The van der Waals surface area contributed by atoms with Gasteiger partial charge in [0.2, 0.25) is 0 Å². The van der Waals surface area contributed by atoms with Crippen molar-refractivity contribution in [2.45, 2.75) is 38.5 Å². The van der Waals surface area contributed by atoms with E-state index in [0.29, 0.717) is 5.57 Å². The van der Waals surface area contributed by atoms with Crippen molar-refractivity contribution in [3.63, 3.8) is 0 Å². The number of benzene rings is 2. The number of hydrogen-bond donors (Lipinski definition) is 0. The van der Waals surface area contributed by atoms with E-state index in [1.807, 2.05) is 60.7 Å². The SMILES string of the molecule is CCOC(=O)C(=C(C)C)N1CC(CCl)(N2C(=O)OC(c3ccccc3)C2c2ccccc2)C1=O. The summed E-state index contributed by atoms with van der Waals surface area (Å²) in [6.07, 6.45) is -1.24. The van der Waals surface area contributed by atoms with Crippen molar-refractivity contribution < 1.29 is 23.9 Å². The van der Waals surface area contributed by atoms with E-state index in [9.17, 15) is 14.4 Å². The van der Waals surface area contributed by atoms with Crippen LogP contribution in [-0.4, -0.2) is 52.3 Å². The molecule has 34 heavy (non-hydrogen) atoms. The second kappa shape index (κ2) is 9.50. The van der Waals surface area contributed by atoms with Gasteiger partial charge in [-0.3, -0.25) is 9.69 Å². The topological polar surface area (TPSA) is 76.2 Å². The van der Waals surface area contributed by atoms with Gasteiger partial charge < -0.3 is 14.4 Å². The zero-order valence-corrected chi connectivity index (χ0v) is 20.1. The molecule has 0 saturated carbocycles. The third-order valence-electron chi connectivity index (χ3n) is 6.22. The van der Waals surface area contributed by atoms with Gasteiger partial charge in [0.15, 0.2) is 11.6 Å². The van der Waals surface area contributed by atoms with Crippen LogP contribution in [0.1, 0.15) is 44.0 Å². The normalized spacial score (nSPS) is 23.9. The predicted octanol–water partition coefficient (Wildman–Crippen LogP) is 4.60. The van der Waals surface area contributed by atoms with Gasteiger partial charge in [-0.15, -0.1) is 11.6 Å². The molecule has 7 nitrogen and oxygen atoms in total. The van der Waals surface area contributed by atoms with Crippen LogP contribution in [0.15, 0.2) is 71.9 Å². The minimum absolute atomic E-state index is 0.0641. The Kier molecular flexibility index (Phi) is 6.66. The number of nitrogens with zero attached hydrogens (tertiary/aromatic N) is 2. The number of β-lactam (4-membered cyclic amide) rings is 1. The Morgan fingerprint density at radius 2 is 1.65 bits per heavy atom. The first-order valence-corrected chi connectivity index (χ1v) is 11.7. The zero-order chi connectivity index (χ0) is 24.5. The maximum absolute atomic E-state index is 13.7. The third kappa shape index (κ3) is 3.84. The maximum atomic E-state index is 13.7. The lowest BCUT2D eigenvalue weighted by Gasteiger charge is -2.53. The number of allylic oxidation sites excluding steroid dienone is 1. The maximum Gasteiger partial charge on any atom is 0.412 e. The van der Waals surface area contributed by atoms with Gasteiger partial charge in [-0.05, 0) is 37.5 Å². The summed E-state index contributed by atoms with van der Waals surface area (Å²) >= 11 is 6.41. The van der Waals surface area contributed by atoms with Crippen molar-refractivity contribution in [2.75, 3.05) is 19.0 Å². The lowest BCUT2D eigenvalue weighted by molar-refractivity contribution is -0.161. The van der Waals surface area contributed by atoms with E-state index in [-0.39, 0.29) is 24.7 Å². The van der Waals surface area contributed by atoms with E-state index >= 15 is 0 Å². The third-order valence-corrected chi connectivity index (χ3v) is 6.66. The van der Waals surface area contributed by atoms with Gasteiger partial charge in [-0.2, -0.15) is 0 Å². The molecule has 0 bridgehead atoms. The Balaban J connectivity index is 1.75. The molecular formula is C26H27ClN2O5. The molecule has 0 aliphatic carbocycles. The molecule has 4 rings (SSSR count). The number of rotatable bonds is 7. The Morgan fingerprint density at radius 1 is 1.06 bits per heavy atom. The van der Waals surface area contributed by atoms with E-state index in [1.54, 1.807) is 20.8 Å². The molecule has 3 atom stereocenters. The van der Waals surface area contributed by atoms with Crippen LogP contribution in [0.25, 0.3) is 0 Å². The van der Waals surface area contributed by atoms with Crippen molar-refractivity contribution in [2.24, 2.45) is 0 Å². The number of esters is 1. The van der Waals surface area contributed by atoms with Gasteiger partial charge in [0.25, 0.3) is 5.91 Å². The minimum atomic E-state index is -1.35. The fourth-order valence-electron chi connectivity index (χ4n) is 4.66. The summed E-state index contributed by atoms with van der Waals surface area (Å²) in [5, 5.41) is 0. The first kappa shape index (κ1) is 23.8. The summed E-state index contributed by atoms with van der Waals surface area (Å²) in [6.45, 7) is 5.43. The number of alkyl halides is 1. The second-order valence-electron chi connectivity index (χ2n) is 8.57. The van der Waals surface area contributed by atoms with Gasteiger partial charge in [0.1, 0.15) is 11.7 Å². The van der Waals surface area contributed by atoms with E-state index < -0.39 is 35.7 Å². The molecular weight excluding hydrogens is 456 g/mol. The van der Waals surface area contributed by atoms with Crippen molar-refractivity contribution in [3.8, 4) is 0 Å².